The zero-order valence-corrected chi connectivity index (χ0v) is 64.4. The van der Waals surface area contributed by atoms with Crippen molar-refractivity contribution in [3.05, 3.63) is 386 Å². The van der Waals surface area contributed by atoms with Gasteiger partial charge in [-0.1, -0.05) is 311 Å². The quantitative estimate of drug-likeness (QED) is 0.114. The fourth-order valence-corrected chi connectivity index (χ4v) is 16.8. The van der Waals surface area contributed by atoms with Crippen molar-refractivity contribution in [3.8, 4) is 67.0 Å². The maximum Gasteiger partial charge on any atom is 0.252 e. The molecule has 18 aromatic rings. The molecule has 548 valence electrons. The fraction of sp³-hybridized carbons (Fsp3) is 0.111. The smallest absolute Gasteiger partial charge is 0.252 e. The number of fused-ring (bicyclic) bond motifs is 10. The van der Waals surface area contributed by atoms with Crippen LogP contribution in [0.15, 0.2) is 370 Å². The highest BCUT2D eigenvalue weighted by atomic mass is 15.2. The lowest BCUT2D eigenvalue weighted by Crippen LogP contribution is -2.61. The lowest BCUT2D eigenvalue weighted by Gasteiger charge is -2.46. The van der Waals surface area contributed by atoms with Gasteiger partial charge in [0.25, 0.3) is 6.71 Å². The molecule has 5 nitrogen and oxygen atoms in total. The lowest BCUT2D eigenvalue weighted by atomic mass is 9.33. The highest BCUT2D eigenvalue weighted by molar-refractivity contribution is 7.00. The third-order valence-corrected chi connectivity index (χ3v) is 22.5. The number of nitrogens with zero attached hydrogens (tertiary/aromatic N) is 5. The van der Waals surface area contributed by atoms with E-state index in [4.69, 9.17) is 5.48 Å². The first-order valence-corrected chi connectivity index (χ1v) is 38.4. The molecule has 16 aromatic carbocycles. The van der Waals surface area contributed by atoms with Crippen molar-refractivity contribution in [3.63, 3.8) is 0 Å². The second-order valence-electron chi connectivity index (χ2n) is 32.6. The van der Waals surface area contributed by atoms with E-state index in [-0.39, 0.29) is 82.9 Å². The van der Waals surface area contributed by atoms with Crippen molar-refractivity contribution >= 4 is 118 Å². The summed E-state index contributed by atoms with van der Waals surface area (Å²) < 4.78 is 203. The van der Waals surface area contributed by atoms with E-state index in [1.165, 1.54) is 9.13 Å². The first kappa shape index (κ1) is 50.5. The van der Waals surface area contributed by atoms with Crippen molar-refractivity contribution in [2.75, 3.05) is 14.7 Å². The summed E-state index contributed by atoms with van der Waals surface area (Å²) in [5.41, 5.74) is 15.7. The van der Waals surface area contributed by atoms with Crippen LogP contribution in [0.3, 0.4) is 0 Å². The molecule has 0 bridgehead atoms. The summed E-state index contributed by atoms with van der Waals surface area (Å²) in [6.07, 6.45) is 0. The van der Waals surface area contributed by atoms with Gasteiger partial charge in [-0.05, 0) is 215 Å². The van der Waals surface area contributed by atoms with Gasteiger partial charge in [0.05, 0.1) is 62.2 Å². The van der Waals surface area contributed by atoms with Gasteiger partial charge in [-0.15, -0.1) is 0 Å². The molecule has 2 aliphatic heterocycles. The van der Waals surface area contributed by atoms with Crippen LogP contribution in [0, 0.1) is 0 Å². The molecule has 0 fully saturated rings. The number of benzene rings is 16. The Kier molecular flexibility index (Phi) is 12.0. The van der Waals surface area contributed by atoms with E-state index in [2.05, 4.69) is 163 Å². The molecule has 0 saturated heterocycles. The summed E-state index contributed by atoms with van der Waals surface area (Å²) in [4.78, 5) is 6.05. The molecule has 0 unspecified atom stereocenters. The summed E-state index contributed by atoms with van der Waals surface area (Å²) >= 11 is 0. The van der Waals surface area contributed by atoms with Gasteiger partial charge in [-0.3, -0.25) is 0 Å². The average Bonchev–Trinajstić information content (AvgIpc) is 1.56. The molecule has 0 aliphatic carbocycles. The van der Waals surface area contributed by atoms with Gasteiger partial charge < -0.3 is 23.8 Å². The SMILES string of the molecule is [2H]c1c([2H])c([2H])c(N(c2ccc(-n3c4c([2H])c([2H])c([2H])c([2H])c4c4c([2H])c([2H])c([2H])c([2H])c43)cc2)c2cc3c4c(c2)N(c2c(-c5ccccc5)cc(C(C)(C)C)cc2-c2ccccc2)c2cc(-n5c6c([2H])c([2H])c([2H])c([2H])c6c6c([2H])c([2H])c([2H])c([2H])c65)ccc2B4c2ccc(-c4cc(C(C)(C)C)cc(C(C)(C)C)c4)cc2N3c2cc(-c3ccccc3)cc(-c3ccccc3)c2)c([2H])c1[2H]. The van der Waals surface area contributed by atoms with E-state index in [9.17, 15) is 23.3 Å². The van der Waals surface area contributed by atoms with Crippen LogP contribution in [-0.2, 0) is 16.2 Å². The predicted molar refractivity (Wildman–Crippen MR) is 487 cm³/mol. The topological polar surface area (TPSA) is 19.6 Å². The molecule has 0 atom stereocenters. The van der Waals surface area contributed by atoms with Crippen LogP contribution in [0.25, 0.3) is 111 Å². The Morgan fingerprint density at radius 1 is 0.272 bits per heavy atom. The van der Waals surface area contributed by atoms with E-state index in [1.807, 2.05) is 127 Å². The third-order valence-electron chi connectivity index (χ3n) is 22.5. The largest absolute Gasteiger partial charge is 0.311 e. The van der Waals surface area contributed by atoms with Gasteiger partial charge in [0.1, 0.15) is 0 Å². The molecule has 4 heterocycles. The van der Waals surface area contributed by atoms with Gasteiger partial charge >= 0.3 is 0 Å². The van der Waals surface area contributed by atoms with Crippen LogP contribution in [0.1, 0.15) is 108 Å². The van der Waals surface area contributed by atoms with E-state index in [1.54, 1.807) is 29.2 Å². The van der Waals surface area contributed by atoms with Crippen LogP contribution in [0.5, 0.6) is 0 Å². The van der Waals surface area contributed by atoms with Gasteiger partial charge in [0.2, 0.25) is 0 Å². The summed E-state index contributed by atoms with van der Waals surface area (Å²) in [6.45, 7) is 18.8. The standard InChI is InChI=1S/C108H88BN5/c1-106(2,3)79-60-78(61-80(65-79)107(4,5)6)75-51-57-94-100(64-75)113(86-62-76(71-33-15-10-16-34-71)59-77(63-86)72-35-17-11-18-36-72)102-69-87(110(82-41-23-14-24-42-82)83-52-54-84(55-53-83)111-96-47-29-25-43-88(96)89-44-26-30-48-97(89)111)70-103-104(102)109(94)95-58-56-85(112-98-49-31-27-45-90(98)91-46-28-32-50-99(91)112)68-101(95)114(103)105-92(73-37-19-12-20-38-73)66-81(108(7,8)9)67-93(105)74-39-21-13-22-40-74/h10-70H,1-9H3/i14D,23D,24D,25D,26D,27D,28D,29D,30D,31D,32D,41D,42D,43D,44D,45D,46D,47D,48D,49D,50D. The Morgan fingerprint density at radius 2 is 0.667 bits per heavy atom. The fourth-order valence-electron chi connectivity index (χ4n) is 16.8. The predicted octanol–water partition coefficient (Wildman–Crippen LogP) is 27.7. The molecule has 0 amide bonds. The Bertz CT molecular complexity index is 7790. The molecule has 0 N–H and O–H groups in total. The van der Waals surface area contributed by atoms with Crippen molar-refractivity contribution in [1.82, 2.24) is 9.13 Å². The second kappa shape index (κ2) is 27.2. The molecule has 2 aliphatic rings. The maximum atomic E-state index is 10.4. The molecule has 114 heavy (non-hydrogen) atoms. The average molecular weight is 1490 g/mol. The van der Waals surface area contributed by atoms with Gasteiger partial charge in [-0.25, -0.2) is 0 Å². The molecule has 6 heteroatoms. The Labute approximate surface area is 699 Å². The van der Waals surface area contributed by atoms with Crippen LogP contribution in [0.2, 0.25) is 0 Å². The third kappa shape index (κ3) is 11.9. The van der Waals surface area contributed by atoms with E-state index >= 15 is 0 Å². The Morgan fingerprint density at radius 3 is 1.14 bits per heavy atom. The lowest BCUT2D eigenvalue weighted by molar-refractivity contribution is 0.569. The van der Waals surface area contributed by atoms with Crippen molar-refractivity contribution in [2.24, 2.45) is 0 Å². The molecule has 0 saturated carbocycles. The highest BCUT2D eigenvalue weighted by Crippen LogP contribution is 2.55. The first-order chi connectivity index (χ1) is 64.2. The molecule has 0 spiro atoms. The number of para-hydroxylation sites is 5. The van der Waals surface area contributed by atoms with Gasteiger partial charge in [0.15, 0.2) is 0 Å². The summed E-state index contributed by atoms with van der Waals surface area (Å²) in [6, 6.07) is 68.2. The number of aromatic nitrogens is 2. The van der Waals surface area contributed by atoms with E-state index in [0.29, 0.717) is 45.0 Å². The van der Waals surface area contributed by atoms with Crippen molar-refractivity contribution in [1.29, 1.82) is 0 Å². The zero-order chi connectivity index (χ0) is 95.6. The molecule has 2 aromatic heterocycles. The van der Waals surface area contributed by atoms with Gasteiger partial charge in [-0.2, -0.15) is 0 Å². The minimum absolute atomic E-state index is 0.115. The minimum Gasteiger partial charge on any atom is -0.311 e. The maximum absolute atomic E-state index is 10.4. The highest BCUT2D eigenvalue weighted by Gasteiger charge is 2.46. The summed E-state index contributed by atoms with van der Waals surface area (Å²) in [7, 11) is 0. The number of anilines is 9. The molecule has 20 rings (SSSR count). The monoisotopic (exact) mass is 1490 g/mol. The number of rotatable bonds is 12. The first-order valence-electron chi connectivity index (χ1n) is 48.9. The van der Waals surface area contributed by atoms with Gasteiger partial charge in [0, 0.05) is 83.9 Å². The summed E-state index contributed by atoms with van der Waals surface area (Å²) in [5, 5.41) is -0.566. The molecular formula is C108H88BN5. The van der Waals surface area contributed by atoms with Crippen LogP contribution < -0.4 is 31.1 Å². The Balaban J connectivity index is 1.01. The van der Waals surface area contributed by atoms with Crippen molar-refractivity contribution < 1.29 is 28.8 Å². The number of hydrogen-bond acceptors (Lipinski definition) is 3. The van der Waals surface area contributed by atoms with E-state index in [0.717, 1.165) is 77.8 Å². The van der Waals surface area contributed by atoms with Crippen molar-refractivity contribution in [2.45, 2.75) is 78.6 Å². The van der Waals surface area contributed by atoms with Crippen LogP contribution in [-0.4, -0.2) is 15.8 Å². The second-order valence-corrected chi connectivity index (χ2v) is 32.6. The zero-order valence-electron chi connectivity index (χ0n) is 85.4. The minimum atomic E-state index is -0.841. The normalized spacial score (nSPS) is 15.3. The Hall–Kier alpha value is -13.4. The molecular weight excluding hydrogens is 1380 g/mol. The van der Waals surface area contributed by atoms with Crippen LogP contribution in [0.4, 0.5) is 51.2 Å². The van der Waals surface area contributed by atoms with Crippen LogP contribution >= 0.6 is 0 Å². The summed E-state index contributed by atoms with van der Waals surface area (Å²) in [5.74, 6) is 0. The van der Waals surface area contributed by atoms with E-state index < -0.39 is 139 Å². The number of hydrogen-bond donors (Lipinski definition) is 0. The molecule has 0 radical (unpaired) electrons.